The summed E-state index contributed by atoms with van der Waals surface area (Å²) >= 11 is 0. The second-order valence-electron chi connectivity index (χ2n) is 11.8. The minimum atomic E-state index is 0.424. The molecule has 1 aromatic carbocycles. The van der Waals surface area contributed by atoms with Gasteiger partial charge in [0.05, 0.1) is 11.9 Å². The minimum absolute atomic E-state index is 0.424. The predicted octanol–water partition coefficient (Wildman–Crippen LogP) is 6.99. The SMILES string of the molecule is CC(C)c1c(-c2ccnc3[nH]ncc23)[nH]c2ccc(C3CCN(C4C[C@H]5CC[C@@H](C4)C5)CC3)cc12. The molecule has 0 spiro atoms. The van der Waals surface area contributed by atoms with E-state index in [0.717, 1.165) is 28.9 Å². The number of nitrogens with zero attached hydrogens (tertiary/aromatic N) is 3. The molecule has 2 bridgehead atoms. The number of aromatic nitrogens is 4. The van der Waals surface area contributed by atoms with Crippen LogP contribution in [0.4, 0.5) is 0 Å². The first-order chi connectivity index (χ1) is 17.1. The zero-order valence-corrected chi connectivity index (χ0v) is 21.1. The van der Waals surface area contributed by atoms with Gasteiger partial charge in [0.1, 0.15) is 0 Å². The average Bonchev–Trinajstić information content (AvgIpc) is 3.59. The third-order valence-electron chi connectivity index (χ3n) is 9.44. The number of likely N-dealkylation sites (tertiary alicyclic amines) is 1. The van der Waals surface area contributed by atoms with E-state index >= 15 is 0 Å². The lowest BCUT2D eigenvalue weighted by Crippen LogP contribution is -2.43. The number of rotatable bonds is 4. The lowest BCUT2D eigenvalue weighted by atomic mass is 9.82. The summed E-state index contributed by atoms with van der Waals surface area (Å²) in [5.74, 6) is 3.16. The molecule has 5 nitrogen and oxygen atoms in total. The van der Waals surface area contributed by atoms with Crippen LogP contribution < -0.4 is 0 Å². The quantitative estimate of drug-likeness (QED) is 0.340. The molecule has 2 saturated carbocycles. The third-order valence-corrected chi connectivity index (χ3v) is 9.44. The summed E-state index contributed by atoms with van der Waals surface area (Å²) in [6.45, 7) is 7.17. The molecule has 0 radical (unpaired) electrons. The Morgan fingerprint density at radius 2 is 1.74 bits per heavy atom. The maximum atomic E-state index is 4.45. The molecule has 3 fully saturated rings. The molecule has 1 saturated heterocycles. The molecule has 4 aromatic rings. The van der Waals surface area contributed by atoms with Gasteiger partial charge in [-0.1, -0.05) is 32.8 Å². The van der Waals surface area contributed by atoms with Crippen LogP contribution in [0.25, 0.3) is 33.2 Å². The Kier molecular flexibility index (Phi) is 5.23. The summed E-state index contributed by atoms with van der Waals surface area (Å²) in [5, 5.41) is 9.71. The molecule has 5 heteroatoms. The van der Waals surface area contributed by atoms with Crippen LogP contribution >= 0.6 is 0 Å². The summed E-state index contributed by atoms with van der Waals surface area (Å²) in [5.41, 5.74) is 7.40. The third kappa shape index (κ3) is 3.70. The van der Waals surface area contributed by atoms with E-state index in [0.29, 0.717) is 11.8 Å². The van der Waals surface area contributed by atoms with E-state index in [1.807, 2.05) is 12.4 Å². The zero-order chi connectivity index (χ0) is 23.5. The first-order valence-corrected chi connectivity index (χ1v) is 13.8. The van der Waals surface area contributed by atoms with Gasteiger partial charge in [-0.3, -0.25) is 5.10 Å². The predicted molar refractivity (Wildman–Crippen MR) is 143 cm³/mol. The van der Waals surface area contributed by atoms with Gasteiger partial charge in [-0.05, 0) is 98.2 Å². The number of H-pyrrole nitrogens is 2. The highest BCUT2D eigenvalue weighted by Crippen LogP contribution is 2.45. The summed E-state index contributed by atoms with van der Waals surface area (Å²) in [6.07, 6.45) is 13.8. The molecule has 35 heavy (non-hydrogen) atoms. The fourth-order valence-electron chi connectivity index (χ4n) is 7.73. The highest BCUT2D eigenvalue weighted by Gasteiger charge is 2.37. The van der Waals surface area contributed by atoms with Crippen molar-refractivity contribution in [2.75, 3.05) is 13.1 Å². The molecule has 2 N–H and O–H groups in total. The lowest BCUT2D eigenvalue weighted by molar-refractivity contribution is 0.0984. The fourth-order valence-corrected chi connectivity index (χ4v) is 7.73. The van der Waals surface area contributed by atoms with E-state index in [-0.39, 0.29) is 0 Å². The smallest absolute Gasteiger partial charge is 0.155 e. The number of hydrogen-bond acceptors (Lipinski definition) is 3. The van der Waals surface area contributed by atoms with E-state index in [2.05, 4.69) is 63.2 Å². The van der Waals surface area contributed by atoms with Crippen LogP contribution in [0, 0.1) is 11.8 Å². The Hall–Kier alpha value is -2.66. The van der Waals surface area contributed by atoms with Crippen LogP contribution in [0.1, 0.15) is 81.8 Å². The van der Waals surface area contributed by atoms with Gasteiger partial charge in [-0.15, -0.1) is 0 Å². The molecular formula is C30H37N5. The molecule has 1 aliphatic heterocycles. The van der Waals surface area contributed by atoms with E-state index < -0.39 is 0 Å². The largest absolute Gasteiger partial charge is 0.354 e. The molecule has 3 aromatic heterocycles. The van der Waals surface area contributed by atoms with Gasteiger partial charge in [-0.25, -0.2) is 4.98 Å². The first kappa shape index (κ1) is 21.6. The van der Waals surface area contributed by atoms with Crippen LogP contribution in [-0.2, 0) is 0 Å². The topological polar surface area (TPSA) is 60.6 Å². The molecule has 7 rings (SSSR count). The molecule has 3 aliphatic rings. The molecule has 3 atom stereocenters. The van der Waals surface area contributed by atoms with E-state index in [1.165, 1.54) is 91.3 Å². The minimum Gasteiger partial charge on any atom is -0.354 e. The Morgan fingerprint density at radius 1 is 0.943 bits per heavy atom. The van der Waals surface area contributed by atoms with Gasteiger partial charge < -0.3 is 9.88 Å². The standard InChI is InChI=1S/C30H37N5/c1-18(2)28-25-16-22(21-8-11-35(12-9-21)23-14-19-3-4-20(13-19)15-23)5-6-27(25)33-29(28)24-7-10-31-30-26(24)17-32-34-30/h5-7,10,16-21,23,33H,3-4,8-9,11-15H2,1-2H3,(H,31,32,34)/t19-,20+,23?. The van der Waals surface area contributed by atoms with Crippen molar-refractivity contribution < 1.29 is 0 Å². The van der Waals surface area contributed by atoms with Gasteiger partial charge >= 0.3 is 0 Å². The molecule has 182 valence electrons. The van der Waals surface area contributed by atoms with Crippen molar-refractivity contribution >= 4 is 21.9 Å². The molecule has 4 heterocycles. The summed E-state index contributed by atoms with van der Waals surface area (Å²) < 4.78 is 0. The van der Waals surface area contributed by atoms with Gasteiger partial charge in [-0.2, -0.15) is 5.10 Å². The highest BCUT2D eigenvalue weighted by molar-refractivity contribution is 5.98. The summed E-state index contributed by atoms with van der Waals surface area (Å²) in [7, 11) is 0. The van der Waals surface area contributed by atoms with Crippen molar-refractivity contribution in [3.05, 3.63) is 47.8 Å². The number of fused-ring (bicyclic) bond motifs is 4. The molecule has 0 amide bonds. The van der Waals surface area contributed by atoms with Crippen molar-refractivity contribution in [3.63, 3.8) is 0 Å². The Labute approximate surface area is 207 Å². The average molecular weight is 468 g/mol. The van der Waals surface area contributed by atoms with Crippen molar-refractivity contribution in [3.8, 4) is 11.3 Å². The highest BCUT2D eigenvalue weighted by atomic mass is 15.2. The van der Waals surface area contributed by atoms with Crippen molar-refractivity contribution in [2.24, 2.45) is 11.8 Å². The number of nitrogens with one attached hydrogen (secondary N) is 2. The number of piperidine rings is 1. The van der Waals surface area contributed by atoms with E-state index in [4.69, 9.17) is 0 Å². The Bertz CT molecular complexity index is 1340. The van der Waals surface area contributed by atoms with Crippen molar-refractivity contribution in [2.45, 2.75) is 76.7 Å². The van der Waals surface area contributed by atoms with Crippen molar-refractivity contribution in [1.29, 1.82) is 0 Å². The van der Waals surface area contributed by atoms with E-state index in [9.17, 15) is 0 Å². The number of aromatic amines is 2. The fraction of sp³-hybridized carbons (Fsp3) is 0.533. The second-order valence-corrected chi connectivity index (χ2v) is 11.8. The number of benzene rings is 1. The van der Waals surface area contributed by atoms with Crippen LogP contribution in [0.3, 0.4) is 0 Å². The molecular weight excluding hydrogens is 430 g/mol. The van der Waals surface area contributed by atoms with Crippen molar-refractivity contribution in [1.82, 2.24) is 25.1 Å². The van der Waals surface area contributed by atoms with Gasteiger partial charge in [0, 0.05) is 34.1 Å². The maximum absolute atomic E-state index is 4.45. The zero-order valence-electron chi connectivity index (χ0n) is 21.1. The van der Waals surface area contributed by atoms with Gasteiger partial charge in [0.15, 0.2) is 5.65 Å². The van der Waals surface area contributed by atoms with Gasteiger partial charge in [0.2, 0.25) is 0 Å². The lowest BCUT2D eigenvalue weighted by Gasteiger charge is -2.41. The Balaban J connectivity index is 1.17. The second kappa shape index (κ2) is 8.48. The van der Waals surface area contributed by atoms with Gasteiger partial charge in [0.25, 0.3) is 0 Å². The summed E-state index contributed by atoms with van der Waals surface area (Å²) in [6, 6.07) is 10.2. The van der Waals surface area contributed by atoms with Crippen LogP contribution in [0.15, 0.2) is 36.7 Å². The molecule has 2 aliphatic carbocycles. The van der Waals surface area contributed by atoms with Crippen LogP contribution in [0.2, 0.25) is 0 Å². The Morgan fingerprint density at radius 3 is 2.51 bits per heavy atom. The van der Waals surface area contributed by atoms with Crippen LogP contribution in [0.5, 0.6) is 0 Å². The maximum Gasteiger partial charge on any atom is 0.155 e. The monoisotopic (exact) mass is 467 g/mol. The molecule has 1 unspecified atom stereocenters. The normalized spacial score (nSPS) is 25.9. The first-order valence-electron chi connectivity index (χ1n) is 13.8. The number of hydrogen-bond donors (Lipinski definition) is 2. The summed E-state index contributed by atoms with van der Waals surface area (Å²) in [4.78, 5) is 11.1. The van der Waals surface area contributed by atoms with E-state index in [1.54, 1.807) is 0 Å². The number of pyridine rings is 1. The van der Waals surface area contributed by atoms with Crippen LogP contribution in [-0.4, -0.2) is 44.2 Å².